The van der Waals surface area contributed by atoms with Gasteiger partial charge in [0.1, 0.15) is 6.04 Å². The van der Waals surface area contributed by atoms with Gasteiger partial charge in [0.15, 0.2) is 5.03 Å². The number of hydrogen-bond donors (Lipinski definition) is 7. The third-order valence-electron chi connectivity index (χ3n) is 2.81. The van der Waals surface area contributed by atoms with Crippen molar-refractivity contribution in [2.45, 2.75) is 37.5 Å². The minimum absolute atomic E-state index is 0.105. The summed E-state index contributed by atoms with van der Waals surface area (Å²) in [4.78, 5) is 56.2. The molecule has 0 radical (unpaired) electrons. The second kappa shape index (κ2) is 13.5. The van der Waals surface area contributed by atoms with Gasteiger partial charge < -0.3 is 33.4 Å². The summed E-state index contributed by atoms with van der Waals surface area (Å²) < 4.78 is 31.7. The number of nitrogens with zero attached hydrogens (tertiary/aromatic N) is 2. The number of carboxylic acid groups (broad SMARTS) is 1. The molecular formula is C12H21F3N8O7. The van der Waals surface area contributed by atoms with E-state index < -0.39 is 53.4 Å². The molecule has 0 aliphatic heterocycles. The summed E-state index contributed by atoms with van der Waals surface area (Å²) in [6.45, 7) is 0.105. The summed E-state index contributed by atoms with van der Waals surface area (Å²) in [6.07, 6.45) is -5.03. The molecule has 0 aromatic carbocycles. The highest BCUT2D eigenvalue weighted by molar-refractivity contribution is 5.92. The number of carboxylic acids is 1. The first-order chi connectivity index (χ1) is 13.6. The van der Waals surface area contributed by atoms with E-state index in [1.165, 1.54) is 0 Å². The number of primary amides is 2. The lowest BCUT2D eigenvalue weighted by molar-refractivity contribution is -0.525. The lowest BCUT2D eigenvalue weighted by atomic mass is 10.1. The van der Waals surface area contributed by atoms with E-state index in [4.69, 9.17) is 32.8 Å². The van der Waals surface area contributed by atoms with Crippen molar-refractivity contribution in [3.8, 4) is 0 Å². The van der Waals surface area contributed by atoms with Crippen LogP contribution in [0.1, 0.15) is 19.3 Å². The number of nitro groups is 1. The molecule has 0 heterocycles. The van der Waals surface area contributed by atoms with Gasteiger partial charge in [-0.3, -0.25) is 14.4 Å². The summed E-state index contributed by atoms with van der Waals surface area (Å²) in [5.74, 6) is -5.52. The van der Waals surface area contributed by atoms with Crippen LogP contribution in [0.5, 0.6) is 0 Å². The number of nitrogens with one attached hydrogen (secondary N) is 2. The number of aliphatic carboxylic acids is 1. The number of amides is 3. The molecule has 0 rings (SSSR count). The molecule has 0 saturated heterocycles. The SMILES string of the molecule is NC(=O)C[C@H](NC(=O)[C@@H](N)CCCN=C(N)N[N+](=O)[O-])C(N)=O.O=C(O)C(F)(F)F. The van der Waals surface area contributed by atoms with Crippen molar-refractivity contribution in [1.29, 1.82) is 0 Å². The fourth-order valence-corrected chi connectivity index (χ4v) is 1.47. The number of carbonyl (C=O) groups excluding carboxylic acids is 3. The predicted molar refractivity (Wildman–Crippen MR) is 92.5 cm³/mol. The Balaban J connectivity index is 0. The maximum atomic E-state index is 11.8. The summed E-state index contributed by atoms with van der Waals surface area (Å²) in [7, 11) is 0. The van der Waals surface area contributed by atoms with Crippen LogP contribution >= 0.6 is 0 Å². The van der Waals surface area contributed by atoms with E-state index in [0.29, 0.717) is 6.42 Å². The van der Waals surface area contributed by atoms with Crippen molar-refractivity contribution in [1.82, 2.24) is 10.7 Å². The Morgan fingerprint density at radius 3 is 2.03 bits per heavy atom. The van der Waals surface area contributed by atoms with Crippen LogP contribution in [0.25, 0.3) is 0 Å². The molecule has 0 aliphatic carbocycles. The van der Waals surface area contributed by atoms with E-state index in [1.807, 2.05) is 0 Å². The summed E-state index contributed by atoms with van der Waals surface area (Å²) in [6, 6.07) is -2.21. The quantitative estimate of drug-likeness (QED) is 0.0576. The van der Waals surface area contributed by atoms with Crippen LogP contribution in [-0.2, 0) is 19.2 Å². The number of hydrogen-bond acceptors (Lipinski definition) is 8. The average molecular weight is 446 g/mol. The highest BCUT2D eigenvalue weighted by Crippen LogP contribution is 2.13. The molecule has 0 fully saturated rings. The minimum Gasteiger partial charge on any atom is -0.475 e. The number of guanidine groups is 1. The Bertz CT molecular complexity index is 671. The van der Waals surface area contributed by atoms with Gasteiger partial charge in [0, 0.05) is 6.54 Å². The van der Waals surface area contributed by atoms with Crippen molar-refractivity contribution in [2.24, 2.45) is 27.9 Å². The smallest absolute Gasteiger partial charge is 0.475 e. The first-order valence-electron chi connectivity index (χ1n) is 7.72. The van der Waals surface area contributed by atoms with Gasteiger partial charge >= 0.3 is 12.1 Å². The zero-order valence-electron chi connectivity index (χ0n) is 15.2. The molecule has 0 aliphatic rings. The number of hydrazine groups is 1. The summed E-state index contributed by atoms with van der Waals surface area (Å²) in [5.41, 5.74) is 22.4. The number of nitrogens with two attached hydrogens (primary N) is 4. The van der Waals surface area contributed by atoms with Crippen molar-refractivity contribution in [2.75, 3.05) is 6.54 Å². The van der Waals surface area contributed by atoms with Crippen molar-refractivity contribution >= 4 is 29.7 Å². The van der Waals surface area contributed by atoms with Crippen LogP contribution in [0, 0.1) is 10.1 Å². The van der Waals surface area contributed by atoms with E-state index in [9.17, 15) is 37.7 Å². The first-order valence-corrected chi connectivity index (χ1v) is 7.72. The molecule has 18 heteroatoms. The molecule has 2 atom stereocenters. The molecule has 15 nitrogen and oxygen atoms in total. The summed E-state index contributed by atoms with van der Waals surface area (Å²) >= 11 is 0. The topological polar surface area (TPSA) is 272 Å². The van der Waals surface area contributed by atoms with Crippen LogP contribution < -0.4 is 33.7 Å². The van der Waals surface area contributed by atoms with Gasteiger partial charge in [-0.2, -0.15) is 13.2 Å². The molecule has 3 amide bonds. The highest BCUT2D eigenvalue weighted by Gasteiger charge is 2.38. The van der Waals surface area contributed by atoms with Gasteiger partial charge in [0.25, 0.3) is 5.96 Å². The third-order valence-corrected chi connectivity index (χ3v) is 2.81. The molecular weight excluding hydrogens is 425 g/mol. The zero-order chi connectivity index (χ0) is 24.1. The van der Waals surface area contributed by atoms with Gasteiger partial charge in [-0.15, -0.1) is 0 Å². The van der Waals surface area contributed by atoms with E-state index in [2.05, 4.69) is 10.3 Å². The van der Waals surface area contributed by atoms with E-state index >= 15 is 0 Å². The Morgan fingerprint density at radius 2 is 1.67 bits per heavy atom. The number of halogens is 3. The largest absolute Gasteiger partial charge is 0.490 e. The first kappa shape index (κ1) is 28.5. The molecule has 0 saturated carbocycles. The van der Waals surface area contributed by atoms with E-state index in [0.717, 1.165) is 0 Å². The van der Waals surface area contributed by atoms with Gasteiger partial charge in [-0.05, 0) is 12.8 Å². The van der Waals surface area contributed by atoms with Crippen molar-refractivity contribution in [3.63, 3.8) is 0 Å². The molecule has 11 N–H and O–H groups in total. The van der Waals surface area contributed by atoms with Gasteiger partial charge in [-0.25, -0.2) is 19.9 Å². The van der Waals surface area contributed by atoms with Crippen LogP contribution in [0.4, 0.5) is 13.2 Å². The fourth-order valence-electron chi connectivity index (χ4n) is 1.47. The van der Waals surface area contributed by atoms with Crippen LogP contribution in [0.15, 0.2) is 4.99 Å². The number of carbonyl (C=O) groups is 4. The van der Waals surface area contributed by atoms with Crippen LogP contribution in [-0.4, -0.2) is 64.6 Å². The van der Waals surface area contributed by atoms with Crippen molar-refractivity contribution in [3.05, 3.63) is 10.1 Å². The third kappa shape index (κ3) is 15.4. The van der Waals surface area contributed by atoms with Gasteiger partial charge in [0.05, 0.1) is 12.5 Å². The Hall–Kier alpha value is -3.70. The Labute approximate surface area is 166 Å². The Kier molecular flexibility index (Phi) is 12.8. The zero-order valence-corrected chi connectivity index (χ0v) is 15.2. The number of aliphatic imine (C=N–C) groups is 1. The van der Waals surface area contributed by atoms with E-state index in [-0.39, 0.29) is 18.9 Å². The maximum absolute atomic E-state index is 11.8. The molecule has 0 unspecified atom stereocenters. The van der Waals surface area contributed by atoms with Crippen LogP contribution in [0.2, 0.25) is 0 Å². The van der Waals surface area contributed by atoms with Crippen molar-refractivity contribution < 1.29 is 42.5 Å². The monoisotopic (exact) mass is 446 g/mol. The van der Waals surface area contributed by atoms with Gasteiger partial charge in [-0.1, -0.05) is 5.43 Å². The minimum atomic E-state index is -5.08. The molecule has 0 aromatic heterocycles. The molecule has 30 heavy (non-hydrogen) atoms. The van der Waals surface area contributed by atoms with Crippen LogP contribution in [0.3, 0.4) is 0 Å². The highest BCUT2D eigenvalue weighted by atomic mass is 19.4. The lowest BCUT2D eigenvalue weighted by Gasteiger charge is -2.17. The maximum Gasteiger partial charge on any atom is 0.490 e. The van der Waals surface area contributed by atoms with E-state index in [1.54, 1.807) is 5.43 Å². The average Bonchev–Trinajstić information content (AvgIpc) is 2.56. The summed E-state index contributed by atoms with van der Waals surface area (Å²) in [5, 5.41) is 18.6. The molecule has 172 valence electrons. The standard InChI is InChI=1S/C10H20N8O5.C2HF3O2/c11-5(2-1-3-15-10(14)17-18(22)23)9(21)16-6(8(13)20)4-7(12)19;3-2(4,5)1(6)7/h5-6H,1-4,11H2,(H2,12,19)(H2,13,20)(H,16,21)(H3,14,15,17);(H,6,7)/t5-,6-;/m0./s1. The number of rotatable bonds is 10. The second-order valence-electron chi connectivity index (χ2n) is 5.32. The molecule has 0 bridgehead atoms. The molecule has 0 aromatic rings. The number of alkyl halides is 3. The second-order valence-corrected chi connectivity index (χ2v) is 5.32. The fraction of sp³-hybridized carbons (Fsp3) is 0.583. The molecule has 0 spiro atoms. The normalized spacial score (nSPS) is 13.1. The van der Waals surface area contributed by atoms with Gasteiger partial charge in [0.2, 0.25) is 17.7 Å². The Morgan fingerprint density at radius 1 is 1.17 bits per heavy atom. The lowest BCUT2D eigenvalue weighted by Crippen LogP contribution is -2.51. The predicted octanol–water partition coefficient (Wildman–Crippen LogP) is -3.33.